The fourth-order valence-electron chi connectivity index (χ4n) is 5.88. The van der Waals surface area contributed by atoms with Gasteiger partial charge < -0.3 is 14.3 Å². The number of hydrogen-bond donors (Lipinski definition) is 1. The number of carbonyl (C=O) groups excluding carboxylic acids is 1. The molecule has 0 radical (unpaired) electrons. The molecule has 1 atom stereocenters. The molecule has 144 valence electrons. The second-order valence-electron chi connectivity index (χ2n) is 8.79. The van der Waals surface area contributed by atoms with Crippen LogP contribution in [0.4, 0.5) is 0 Å². The molecule has 0 aromatic carbocycles. The van der Waals surface area contributed by atoms with E-state index >= 15 is 0 Å². The van der Waals surface area contributed by atoms with Gasteiger partial charge in [-0.2, -0.15) is 0 Å². The zero-order valence-electron chi connectivity index (χ0n) is 15.9. The highest BCUT2D eigenvalue weighted by molar-refractivity contribution is 8.00. The molecule has 6 rings (SSSR count). The molecular weight excluding hydrogens is 360 g/mol. The largest absolute Gasteiger partial charge is 0.461 e. The smallest absolute Gasteiger partial charge is 0.233 e. The van der Waals surface area contributed by atoms with E-state index in [1.165, 1.54) is 50.3 Å². The van der Waals surface area contributed by atoms with Crippen LogP contribution in [0.5, 0.6) is 0 Å². The fraction of sp³-hybridized carbons (Fsp3) is 0.650. The average Bonchev–Trinajstić information content (AvgIpc) is 3.24. The first-order valence-electron chi connectivity index (χ1n) is 9.93. The van der Waals surface area contributed by atoms with Gasteiger partial charge in [0, 0.05) is 12.6 Å². The predicted molar refractivity (Wildman–Crippen MR) is 103 cm³/mol. The van der Waals surface area contributed by atoms with Gasteiger partial charge in [0.25, 0.3) is 0 Å². The molecule has 0 aliphatic heterocycles. The lowest BCUT2D eigenvalue weighted by Gasteiger charge is -2.57. The van der Waals surface area contributed by atoms with Gasteiger partial charge in [0.05, 0.1) is 11.5 Å². The number of rotatable bonds is 5. The van der Waals surface area contributed by atoms with Crippen LogP contribution < -0.4 is 5.32 Å². The molecule has 4 saturated carbocycles. The van der Waals surface area contributed by atoms with Crippen LogP contribution in [0.2, 0.25) is 0 Å². The Kier molecular flexibility index (Phi) is 4.11. The Morgan fingerprint density at radius 3 is 2.52 bits per heavy atom. The molecule has 2 heterocycles. The van der Waals surface area contributed by atoms with Gasteiger partial charge in [-0.1, -0.05) is 11.8 Å². The first-order valence-corrected chi connectivity index (χ1v) is 10.8. The van der Waals surface area contributed by atoms with E-state index in [0.717, 1.165) is 22.9 Å². The normalized spacial score (nSPS) is 32.6. The highest BCUT2D eigenvalue weighted by Crippen LogP contribution is 2.55. The van der Waals surface area contributed by atoms with Crippen LogP contribution in [0.1, 0.15) is 45.4 Å². The molecule has 1 amide bonds. The molecular formula is C20H26N4O2S. The number of amides is 1. The minimum absolute atomic E-state index is 0.0554. The summed E-state index contributed by atoms with van der Waals surface area (Å²) in [5.41, 5.74) is 0.0554. The Morgan fingerprint density at radius 2 is 1.93 bits per heavy atom. The zero-order valence-corrected chi connectivity index (χ0v) is 16.7. The number of nitrogens with one attached hydrogen (secondary N) is 1. The second kappa shape index (κ2) is 6.40. The van der Waals surface area contributed by atoms with E-state index in [-0.39, 0.29) is 16.7 Å². The minimum Gasteiger partial charge on any atom is -0.461 e. The first-order chi connectivity index (χ1) is 13.0. The average molecular weight is 387 g/mol. The van der Waals surface area contributed by atoms with Crippen LogP contribution in [0, 0.1) is 17.8 Å². The number of carbonyl (C=O) groups is 1. The van der Waals surface area contributed by atoms with Gasteiger partial charge in [-0.3, -0.25) is 4.79 Å². The Morgan fingerprint density at radius 1 is 1.26 bits per heavy atom. The third kappa shape index (κ3) is 3.10. The molecule has 6 nitrogen and oxygen atoms in total. The standard InChI is InChI=1S/C20H26N4O2S/c1-12(27-19-23-22-17(24(19)2)16-4-3-5-26-16)18(25)21-20-9-13-6-14(10-20)8-15(7-13)11-20/h3-5,12-15H,6-11H2,1-2H3,(H,21,25)/t12-,13?,14?,15?,20?/m0/s1. The summed E-state index contributed by atoms with van der Waals surface area (Å²) in [6, 6.07) is 3.69. The Balaban J connectivity index is 1.27. The van der Waals surface area contributed by atoms with Crippen LogP contribution in [0.25, 0.3) is 11.6 Å². The summed E-state index contributed by atoms with van der Waals surface area (Å²) in [7, 11) is 1.91. The summed E-state index contributed by atoms with van der Waals surface area (Å²) in [5.74, 6) is 3.97. The molecule has 4 bridgehead atoms. The van der Waals surface area contributed by atoms with Crippen molar-refractivity contribution in [2.45, 2.75) is 61.4 Å². The van der Waals surface area contributed by atoms with E-state index in [1.54, 1.807) is 6.26 Å². The van der Waals surface area contributed by atoms with E-state index in [0.29, 0.717) is 11.6 Å². The number of nitrogens with zero attached hydrogens (tertiary/aromatic N) is 3. The van der Waals surface area contributed by atoms with Gasteiger partial charge in [0.2, 0.25) is 5.91 Å². The number of furan rings is 1. The molecule has 4 aliphatic rings. The van der Waals surface area contributed by atoms with Crippen LogP contribution in [0.3, 0.4) is 0 Å². The molecule has 0 saturated heterocycles. The van der Waals surface area contributed by atoms with Crippen molar-refractivity contribution in [1.82, 2.24) is 20.1 Å². The zero-order chi connectivity index (χ0) is 18.6. The molecule has 0 spiro atoms. The molecule has 2 aromatic rings. The van der Waals surface area contributed by atoms with Crippen LogP contribution in [0.15, 0.2) is 28.0 Å². The molecule has 4 aliphatic carbocycles. The first kappa shape index (κ1) is 17.3. The van der Waals surface area contributed by atoms with Gasteiger partial charge in [-0.15, -0.1) is 10.2 Å². The van der Waals surface area contributed by atoms with Crippen molar-refractivity contribution in [1.29, 1.82) is 0 Å². The Hall–Kier alpha value is -1.76. The van der Waals surface area contributed by atoms with Crippen molar-refractivity contribution < 1.29 is 9.21 Å². The van der Waals surface area contributed by atoms with Crippen LogP contribution in [-0.4, -0.2) is 31.5 Å². The lowest BCUT2D eigenvalue weighted by molar-refractivity contribution is -0.126. The third-order valence-electron chi connectivity index (χ3n) is 6.65. The highest BCUT2D eigenvalue weighted by Gasteiger charge is 2.51. The maximum atomic E-state index is 13.0. The van der Waals surface area contributed by atoms with E-state index in [4.69, 9.17) is 4.42 Å². The van der Waals surface area contributed by atoms with Crippen molar-refractivity contribution in [2.24, 2.45) is 24.8 Å². The Labute approximate surface area is 163 Å². The molecule has 27 heavy (non-hydrogen) atoms. The van der Waals surface area contributed by atoms with Crippen molar-refractivity contribution >= 4 is 17.7 Å². The van der Waals surface area contributed by atoms with E-state index in [1.807, 2.05) is 30.7 Å². The van der Waals surface area contributed by atoms with E-state index in [2.05, 4.69) is 15.5 Å². The van der Waals surface area contributed by atoms with Gasteiger partial charge in [-0.25, -0.2) is 0 Å². The number of thioether (sulfide) groups is 1. The van der Waals surface area contributed by atoms with Crippen molar-refractivity contribution in [3.8, 4) is 11.6 Å². The summed E-state index contributed by atoms with van der Waals surface area (Å²) >= 11 is 1.46. The molecule has 2 aromatic heterocycles. The molecule has 7 heteroatoms. The lowest BCUT2D eigenvalue weighted by atomic mass is 9.53. The summed E-state index contributed by atoms with van der Waals surface area (Å²) in [4.78, 5) is 13.0. The highest BCUT2D eigenvalue weighted by atomic mass is 32.2. The predicted octanol–water partition coefficient (Wildman–Crippen LogP) is 3.64. The number of aromatic nitrogens is 3. The second-order valence-corrected chi connectivity index (χ2v) is 10.1. The van der Waals surface area contributed by atoms with Crippen molar-refractivity contribution in [3.63, 3.8) is 0 Å². The van der Waals surface area contributed by atoms with Crippen LogP contribution >= 0.6 is 11.8 Å². The summed E-state index contributed by atoms with van der Waals surface area (Å²) < 4.78 is 7.30. The topological polar surface area (TPSA) is 73.0 Å². The van der Waals surface area contributed by atoms with E-state index in [9.17, 15) is 4.79 Å². The molecule has 1 N–H and O–H groups in total. The van der Waals surface area contributed by atoms with Gasteiger partial charge in [0.1, 0.15) is 0 Å². The van der Waals surface area contributed by atoms with Gasteiger partial charge in [0.15, 0.2) is 16.7 Å². The van der Waals surface area contributed by atoms with Gasteiger partial charge in [-0.05, 0) is 75.3 Å². The number of hydrogen-bond acceptors (Lipinski definition) is 5. The molecule has 4 fully saturated rings. The Bertz CT molecular complexity index is 809. The van der Waals surface area contributed by atoms with Crippen molar-refractivity contribution in [2.75, 3.05) is 0 Å². The van der Waals surface area contributed by atoms with Crippen LogP contribution in [-0.2, 0) is 11.8 Å². The lowest BCUT2D eigenvalue weighted by Crippen LogP contribution is -2.60. The quantitative estimate of drug-likeness (QED) is 0.794. The van der Waals surface area contributed by atoms with Crippen molar-refractivity contribution in [3.05, 3.63) is 18.4 Å². The maximum Gasteiger partial charge on any atom is 0.233 e. The fourth-order valence-corrected chi connectivity index (χ4v) is 6.69. The van der Waals surface area contributed by atoms with E-state index < -0.39 is 0 Å². The monoisotopic (exact) mass is 386 g/mol. The summed E-state index contributed by atoms with van der Waals surface area (Å²) in [6.45, 7) is 1.96. The molecule has 0 unspecified atom stereocenters. The summed E-state index contributed by atoms with van der Waals surface area (Å²) in [5, 5.41) is 12.5. The maximum absolute atomic E-state index is 13.0. The summed E-state index contributed by atoms with van der Waals surface area (Å²) in [6.07, 6.45) is 9.30. The third-order valence-corrected chi connectivity index (χ3v) is 7.79. The van der Waals surface area contributed by atoms with Gasteiger partial charge >= 0.3 is 0 Å². The SMILES string of the molecule is C[C@H](Sc1nnc(-c2ccco2)n1C)C(=O)NC12CC3CC(CC(C3)C1)C2. The minimum atomic E-state index is -0.203.